The van der Waals surface area contributed by atoms with E-state index in [2.05, 4.69) is 10.6 Å². The maximum absolute atomic E-state index is 12.9. The molecule has 0 spiro atoms. The van der Waals surface area contributed by atoms with Gasteiger partial charge in [-0.2, -0.15) is 0 Å². The second-order valence-corrected chi connectivity index (χ2v) is 7.81. The fraction of sp³-hybridized carbons (Fsp3) is 0.240. The highest BCUT2D eigenvalue weighted by atomic mass is 16.5. The first kappa shape index (κ1) is 21.5. The molecule has 3 aromatic rings. The third kappa shape index (κ3) is 4.95. The molecule has 0 aliphatic carbocycles. The van der Waals surface area contributed by atoms with Gasteiger partial charge in [0.25, 0.3) is 17.4 Å². The first-order chi connectivity index (χ1) is 15.5. The van der Waals surface area contributed by atoms with Gasteiger partial charge < -0.3 is 15.4 Å². The van der Waals surface area contributed by atoms with Crippen molar-refractivity contribution in [1.29, 1.82) is 0 Å². The molecule has 2 N–H and O–H groups in total. The summed E-state index contributed by atoms with van der Waals surface area (Å²) in [6.45, 7) is 3.06. The summed E-state index contributed by atoms with van der Waals surface area (Å²) < 4.78 is 6.92. The number of nitrogens with one attached hydrogen (secondary N) is 2. The van der Waals surface area contributed by atoms with Gasteiger partial charge in [-0.15, -0.1) is 0 Å². The molecule has 0 radical (unpaired) electrons. The lowest BCUT2D eigenvalue weighted by atomic mass is 10.1. The average Bonchev–Trinajstić information content (AvgIpc) is 3.32. The molecule has 7 heteroatoms. The minimum atomic E-state index is -0.415. The third-order valence-electron chi connectivity index (χ3n) is 5.42. The molecule has 7 nitrogen and oxygen atoms in total. The van der Waals surface area contributed by atoms with Crippen molar-refractivity contribution in [2.45, 2.75) is 25.9 Å². The molecule has 4 rings (SSSR count). The normalized spacial score (nSPS) is 15.3. The SMILES string of the molecule is Cc1ccc(C(=O)Nc2ccc(-n3cccc(C(=O)NC[C@H]4CCCO4)c3=O)cc2)cc1. The van der Waals surface area contributed by atoms with Crippen LogP contribution < -0.4 is 16.2 Å². The zero-order chi connectivity index (χ0) is 22.5. The Bertz CT molecular complexity index is 1160. The van der Waals surface area contributed by atoms with Crippen molar-refractivity contribution in [1.82, 2.24) is 9.88 Å². The molecule has 1 aliphatic rings. The van der Waals surface area contributed by atoms with Gasteiger partial charge in [0, 0.05) is 36.3 Å². The van der Waals surface area contributed by atoms with Gasteiger partial charge in [0.1, 0.15) is 5.56 Å². The number of ether oxygens (including phenoxy) is 1. The zero-order valence-electron chi connectivity index (χ0n) is 17.8. The van der Waals surface area contributed by atoms with Crippen LogP contribution in [0, 0.1) is 6.92 Å². The Hall–Kier alpha value is -3.71. The Balaban J connectivity index is 1.46. The van der Waals surface area contributed by atoms with Crippen LogP contribution in [-0.4, -0.2) is 35.6 Å². The van der Waals surface area contributed by atoms with Crippen molar-refractivity contribution < 1.29 is 14.3 Å². The van der Waals surface area contributed by atoms with Gasteiger partial charge >= 0.3 is 0 Å². The molecule has 1 fully saturated rings. The molecule has 2 aromatic carbocycles. The van der Waals surface area contributed by atoms with Gasteiger partial charge in [-0.25, -0.2) is 0 Å². The lowest BCUT2D eigenvalue weighted by Gasteiger charge is -2.12. The lowest BCUT2D eigenvalue weighted by molar-refractivity contribution is 0.0856. The summed E-state index contributed by atoms with van der Waals surface area (Å²) in [6.07, 6.45) is 3.51. The number of hydrogen-bond donors (Lipinski definition) is 2. The van der Waals surface area contributed by atoms with Crippen molar-refractivity contribution in [2.24, 2.45) is 0 Å². The van der Waals surface area contributed by atoms with E-state index >= 15 is 0 Å². The standard InChI is InChI=1S/C25H25N3O4/c1-17-6-8-18(9-7-17)23(29)27-19-10-12-20(13-11-19)28-14-2-5-22(25(28)31)24(30)26-16-21-4-3-15-32-21/h2,5-14,21H,3-4,15-16H2,1H3,(H,26,30)(H,27,29)/t21-/m1/s1. The fourth-order valence-electron chi connectivity index (χ4n) is 3.59. The van der Waals surface area contributed by atoms with E-state index in [1.54, 1.807) is 48.7 Å². The number of amides is 2. The Labute approximate surface area is 186 Å². The van der Waals surface area contributed by atoms with Gasteiger partial charge in [0.2, 0.25) is 0 Å². The number of aryl methyl sites for hydroxylation is 1. The molecule has 1 aliphatic heterocycles. The van der Waals surface area contributed by atoms with E-state index in [1.807, 2.05) is 19.1 Å². The quantitative estimate of drug-likeness (QED) is 0.627. The van der Waals surface area contributed by atoms with Crippen molar-refractivity contribution in [3.63, 3.8) is 0 Å². The number of hydrogen-bond acceptors (Lipinski definition) is 4. The van der Waals surface area contributed by atoms with E-state index in [9.17, 15) is 14.4 Å². The summed E-state index contributed by atoms with van der Waals surface area (Å²) >= 11 is 0. The topological polar surface area (TPSA) is 89.4 Å². The van der Waals surface area contributed by atoms with Crippen LogP contribution in [0.25, 0.3) is 5.69 Å². The fourth-order valence-corrected chi connectivity index (χ4v) is 3.59. The van der Waals surface area contributed by atoms with Crippen LogP contribution in [0.3, 0.4) is 0 Å². The van der Waals surface area contributed by atoms with Crippen LogP contribution in [0.2, 0.25) is 0 Å². The predicted octanol–water partition coefficient (Wildman–Crippen LogP) is 3.31. The summed E-state index contributed by atoms with van der Waals surface area (Å²) in [7, 11) is 0. The maximum Gasteiger partial charge on any atom is 0.267 e. The number of pyridine rings is 1. The van der Waals surface area contributed by atoms with Crippen molar-refractivity contribution in [3.05, 3.63) is 93.9 Å². The van der Waals surface area contributed by atoms with E-state index in [1.165, 1.54) is 10.6 Å². The lowest BCUT2D eigenvalue weighted by Crippen LogP contribution is -2.36. The van der Waals surface area contributed by atoms with Gasteiger partial charge in [-0.05, 0) is 68.3 Å². The van der Waals surface area contributed by atoms with Crippen molar-refractivity contribution in [3.8, 4) is 5.69 Å². The van der Waals surface area contributed by atoms with Gasteiger partial charge in [-0.1, -0.05) is 17.7 Å². The van der Waals surface area contributed by atoms with Crippen LogP contribution >= 0.6 is 0 Å². The predicted molar refractivity (Wildman–Crippen MR) is 122 cm³/mol. The molecule has 2 amide bonds. The second kappa shape index (κ2) is 9.62. The molecular weight excluding hydrogens is 406 g/mol. The monoisotopic (exact) mass is 431 g/mol. The molecule has 1 atom stereocenters. The van der Waals surface area contributed by atoms with Crippen LogP contribution in [0.15, 0.2) is 71.7 Å². The number of carbonyl (C=O) groups excluding carboxylic acids is 2. The number of aromatic nitrogens is 1. The molecule has 164 valence electrons. The maximum atomic E-state index is 12.9. The average molecular weight is 431 g/mol. The molecule has 0 saturated carbocycles. The van der Waals surface area contributed by atoms with Gasteiger partial charge in [-0.3, -0.25) is 19.0 Å². The highest BCUT2D eigenvalue weighted by Gasteiger charge is 2.18. The highest BCUT2D eigenvalue weighted by molar-refractivity contribution is 6.04. The minimum absolute atomic E-state index is 0.00699. The van der Waals surface area contributed by atoms with E-state index in [-0.39, 0.29) is 17.6 Å². The second-order valence-electron chi connectivity index (χ2n) is 7.81. The van der Waals surface area contributed by atoms with E-state index in [0.29, 0.717) is 30.1 Å². The largest absolute Gasteiger partial charge is 0.376 e. The molecule has 32 heavy (non-hydrogen) atoms. The smallest absolute Gasteiger partial charge is 0.267 e. The van der Waals surface area contributed by atoms with Crippen molar-refractivity contribution in [2.75, 3.05) is 18.5 Å². The van der Waals surface area contributed by atoms with E-state index in [0.717, 1.165) is 18.4 Å². The van der Waals surface area contributed by atoms with Crippen LogP contribution in [0.1, 0.15) is 39.1 Å². The minimum Gasteiger partial charge on any atom is -0.376 e. The Morgan fingerprint density at radius 1 is 1.03 bits per heavy atom. The van der Waals surface area contributed by atoms with Crippen LogP contribution in [-0.2, 0) is 4.74 Å². The summed E-state index contributed by atoms with van der Waals surface area (Å²) in [5.41, 5.74) is 2.52. The molecular formula is C25H25N3O4. The van der Waals surface area contributed by atoms with E-state index in [4.69, 9.17) is 4.74 Å². The van der Waals surface area contributed by atoms with E-state index < -0.39 is 11.5 Å². The van der Waals surface area contributed by atoms with Gasteiger partial charge in [0.15, 0.2) is 0 Å². The number of rotatable bonds is 6. The highest BCUT2D eigenvalue weighted by Crippen LogP contribution is 2.15. The van der Waals surface area contributed by atoms with Gasteiger partial charge in [0.05, 0.1) is 6.10 Å². The summed E-state index contributed by atoms with van der Waals surface area (Å²) in [6, 6.07) is 17.4. The molecule has 1 aromatic heterocycles. The van der Waals surface area contributed by atoms with Crippen LogP contribution in [0.4, 0.5) is 5.69 Å². The van der Waals surface area contributed by atoms with Crippen LogP contribution in [0.5, 0.6) is 0 Å². The molecule has 0 unspecified atom stereocenters. The number of benzene rings is 2. The number of carbonyl (C=O) groups is 2. The summed E-state index contributed by atoms with van der Waals surface area (Å²) in [5.74, 6) is -0.623. The Morgan fingerprint density at radius 2 is 1.78 bits per heavy atom. The first-order valence-corrected chi connectivity index (χ1v) is 10.6. The Kier molecular flexibility index (Phi) is 6.47. The number of anilines is 1. The first-order valence-electron chi connectivity index (χ1n) is 10.6. The third-order valence-corrected chi connectivity index (χ3v) is 5.42. The molecule has 2 heterocycles. The zero-order valence-corrected chi connectivity index (χ0v) is 17.8. The van der Waals surface area contributed by atoms with Crippen molar-refractivity contribution >= 4 is 17.5 Å². The summed E-state index contributed by atoms with van der Waals surface area (Å²) in [4.78, 5) is 37.8. The number of nitrogens with zero attached hydrogens (tertiary/aromatic N) is 1. The Morgan fingerprint density at radius 3 is 2.47 bits per heavy atom. The molecule has 0 bridgehead atoms. The molecule has 1 saturated heterocycles. The summed E-state index contributed by atoms with van der Waals surface area (Å²) in [5, 5.41) is 5.63.